The Labute approximate surface area is 132 Å². The van der Waals surface area contributed by atoms with E-state index in [0.717, 1.165) is 25.9 Å². The van der Waals surface area contributed by atoms with Crippen LogP contribution in [0.4, 0.5) is 5.95 Å². The van der Waals surface area contributed by atoms with Gasteiger partial charge in [0.05, 0.1) is 5.92 Å². The number of amides is 1. The fourth-order valence-electron chi connectivity index (χ4n) is 3.02. The lowest BCUT2D eigenvalue weighted by Gasteiger charge is -2.37. The molecule has 8 nitrogen and oxygen atoms in total. The van der Waals surface area contributed by atoms with Gasteiger partial charge in [-0.2, -0.15) is 5.16 Å². The van der Waals surface area contributed by atoms with Crippen LogP contribution in [-0.2, 0) is 0 Å². The molecule has 4 rings (SSSR count). The molecule has 0 spiro atoms. The predicted octanol–water partition coefficient (Wildman–Crippen LogP) is 0.598. The Balaban J connectivity index is 1.44. The van der Waals surface area contributed by atoms with E-state index in [0.29, 0.717) is 30.5 Å². The third kappa shape index (κ3) is 2.60. The first kappa shape index (κ1) is 14.0. The number of nitrogens with zero attached hydrogens (tertiary/aromatic N) is 4. The summed E-state index contributed by atoms with van der Waals surface area (Å²) in [6, 6.07) is 3.08. The van der Waals surface area contributed by atoms with Crippen molar-refractivity contribution in [3.05, 3.63) is 40.1 Å². The fraction of sp³-hybridized carbons (Fsp3) is 0.467. The maximum Gasteiger partial charge on any atom is 0.280 e. The molecule has 0 aromatic carbocycles. The van der Waals surface area contributed by atoms with Crippen LogP contribution in [0.5, 0.6) is 0 Å². The van der Waals surface area contributed by atoms with Crippen molar-refractivity contribution in [2.75, 3.05) is 31.1 Å². The quantitative estimate of drug-likeness (QED) is 0.891. The average Bonchev–Trinajstić information content (AvgIpc) is 3.18. The molecule has 0 aliphatic carbocycles. The molecule has 1 N–H and O–H groups in total. The average molecular weight is 315 g/mol. The third-order valence-electron chi connectivity index (χ3n) is 4.36. The first-order valence-electron chi connectivity index (χ1n) is 7.76. The maximum atomic E-state index is 12.5. The Morgan fingerprint density at radius 2 is 2.09 bits per heavy atom. The summed E-state index contributed by atoms with van der Waals surface area (Å²) in [5.74, 6) is 1.18. The summed E-state index contributed by atoms with van der Waals surface area (Å²) in [7, 11) is 0. The van der Waals surface area contributed by atoms with Crippen molar-refractivity contribution in [2.24, 2.45) is 0 Å². The summed E-state index contributed by atoms with van der Waals surface area (Å²) in [5, 5.41) is 2.27. The van der Waals surface area contributed by atoms with Gasteiger partial charge in [0.25, 0.3) is 11.5 Å². The zero-order valence-corrected chi connectivity index (χ0v) is 12.6. The van der Waals surface area contributed by atoms with Gasteiger partial charge in [0.15, 0.2) is 0 Å². The van der Waals surface area contributed by atoms with Crippen LogP contribution >= 0.6 is 0 Å². The number of aromatic amines is 1. The third-order valence-corrected chi connectivity index (χ3v) is 4.36. The summed E-state index contributed by atoms with van der Waals surface area (Å²) < 4.78 is 5.08. The minimum absolute atomic E-state index is 0.0674. The molecule has 0 unspecified atom stereocenters. The Morgan fingerprint density at radius 3 is 2.78 bits per heavy atom. The van der Waals surface area contributed by atoms with E-state index in [1.165, 1.54) is 6.07 Å². The monoisotopic (exact) mass is 315 g/mol. The van der Waals surface area contributed by atoms with Crippen LogP contribution in [0.1, 0.15) is 35.0 Å². The van der Waals surface area contributed by atoms with Gasteiger partial charge in [-0.15, -0.1) is 0 Å². The molecule has 0 bridgehead atoms. The molecule has 2 aromatic heterocycles. The highest BCUT2D eigenvalue weighted by molar-refractivity contribution is 5.93. The minimum Gasteiger partial charge on any atom is -0.383 e. The molecule has 8 heteroatoms. The Hall–Kier alpha value is -2.64. The second-order valence-electron chi connectivity index (χ2n) is 5.96. The second kappa shape index (κ2) is 5.53. The van der Waals surface area contributed by atoms with E-state index in [4.69, 9.17) is 4.52 Å². The predicted molar refractivity (Wildman–Crippen MR) is 81.5 cm³/mol. The van der Waals surface area contributed by atoms with Gasteiger partial charge < -0.3 is 14.3 Å². The van der Waals surface area contributed by atoms with Gasteiger partial charge in [-0.25, -0.2) is 9.97 Å². The highest BCUT2D eigenvalue weighted by atomic mass is 16.5. The maximum absolute atomic E-state index is 12.5. The molecule has 2 fully saturated rings. The van der Waals surface area contributed by atoms with Crippen LogP contribution in [0.3, 0.4) is 0 Å². The van der Waals surface area contributed by atoms with Crippen LogP contribution in [0, 0.1) is 0 Å². The Kier molecular flexibility index (Phi) is 3.36. The van der Waals surface area contributed by atoms with Crippen LogP contribution in [-0.4, -0.2) is 52.1 Å². The molecule has 0 saturated carbocycles. The van der Waals surface area contributed by atoms with Crippen molar-refractivity contribution in [3.8, 4) is 0 Å². The first-order valence-corrected chi connectivity index (χ1v) is 7.76. The number of carbonyl (C=O) groups excluding carboxylic acids is 1. The van der Waals surface area contributed by atoms with Gasteiger partial charge >= 0.3 is 0 Å². The first-order chi connectivity index (χ1) is 11.2. The zero-order valence-electron chi connectivity index (χ0n) is 12.6. The van der Waals surface area contributed by atoms with Crippen LogP contribution in [0.15, 0.2) is 27.6 Å². The van der Waals surface area contributed by atoms with E-state index in [9.17, 15) is 9.59 Å². The summed E-state index contributed by atoms with van der Waals surface area (Å²) in [6.45, 7) is 2.94. The van der Waals surface area contributed by atoms with Gasteiger partial charge in [-0.1, -0.05) is 0 Å². The van der Waals surface area contributed by atoms with Crippen molar-refractivity contribution in [2.45, 2.75) is 18.8 Å². The molecule has 4 heterocycles. The lowest BCUT2D eigenvalue weighted by atomic mass is 9.97. The lowest BCUT2D eigenvalue weighted by Crippen LogP contribution is -2.48. The Bertz CT molecular complexity index is 771. The number of anilines is 1. The molecule has 23 heavy (non-hydrogen) atoms. The van der Waals surface area contributed by atoms with E-state index in [2.05, 4.69) is 20.0 Å². The molecular formula is C15H17N5O3. The van der Waals surface area contributed by atoms with E-state index in [1.807, 2.05) is 0 Å². The van der Waals surface area contributed by atoms with Crippen LogP contribution in [0.2, 0.25) is 0 Å². The molecular weight excluding hydrogens is 298 g/mol. The van der Waals surface area contributed by atoms with E-state index >= 15 is 0 Å². The number of nitrogens with one attached hydrogen (secondary N) is 1. The zero-order chi connectivity index (χ0) is 15.8. The second-order valence-corrected chi connectivity index (χ2v) is 5.96. The minimum atomic E-state index is -0.254. The fourth-order valence-corrected chi connectivity index (χ4v) is 3.02. The topological polar surface area (TPSA) is 95.3 Å². The van der Waals surface area contributed by atoms with Crippen molar-refractivity contribution in [3.63, 3.8) is 0 Å². The Morgan fingerprint density at radius 1 is 1.30 bits per heavy atom. The molecule has 0 radical (unpaired) electrons. The SMILES string of the molecule is O=C(c1ccnc(N2CCCC2)n1)N1CC(c2cc(=O)[nH]o2)C1. The number of carbonyl (C=O) groups is 1. The largest absolute Gasteiger partial charge is 0.383 e. The smallest absolute Gasteiger partial charge is 0.280 e. The molecule has 1 amide bonds. The van der Waals surface area contributed by atoms with E-state index in [-0.39, 0.29) is 17.4 Å². The summed E-state index contributed by atoms with van der Waals surface area (Å²) in [4.78, 5) is 36.0. The standard InChI is InChI=1S/C15H17N5O3/c21-13-7-12(23-18-13)10-8-20(9-10)14(22)11-3-4-16-15(17-11)19-5-1-2-6-19/h3-4,7,10H,1-2,5-6,8-9H2,(H,18,21). The highest BCUT2D eigenvalue weighted by Gasteiger charge is 2.35. The van der Waals surface area contributed by atoms with Crippen LogP contribution < -0.4 is 10.5 Å². The number of hydrogen-bond acceptors (Lipinski definition) is 6. The van der Waals surface area contributed by atoms with Gasteiger partial charge in [0.1, 0.15) is 11.5 Å². The summed E-state index contributed by atoms with van der Waals surface area (Å²) >= 11 is 0. The normalized spacial score (nSPS) is 18.3. The molecule has 2 aromatic rings. The number of likely N-dealkylation sites (tertiary alicyclic amines) is 1. The molecule has 120 valence electrons. The van der Waals surface area contributed by atoms with E-state index in [1.54, 1.807) is 17.2 Å². The molecule has 0 atom stereocenters. The number of aromatic nitrogens is 3. The summed E-state index contributed by atoms with van der Waals surface area (Å²) in [6.07, 6.45) is 3.91. The summed E-state index contributed by atoms with van der Waals surface area (Å²) in [5.41, 5.74) is 0.159. The van der Waals surface area contributed by atoms with Crippen LogP contribution in [0.25, 0.3) is 0 Å². The molecule has 2 saturated heterocycles. The van der Waals surface area contributed by atoms with Gasteiger partial charge in [-0.05, 0) is 18.9 Å². The molecule has 2 aliphatic rings. The van der Waals surface area contributed by atoms with E-state index < -0.39 is 0 Å². The van der Waals surface area contributed by atoms with Gasteiger partial charge in [0, 0.05) is 38.4 Å². The van der Waals surface area contributed by atoms with Crippen molar-refractivity contribution >= 4 is 11.9 Å². The van der Waals surface area contributed by atoms with Crippen molar-refractivity contribution < 1.29 is 9.32 Å². The van der Waals surface area contributed by atoms with Gasteiger partial charge in [-0.3, -0.25) is 9.59 Å². The van der Waals surface area contributed by atoms with Gasteiger partial charge in [0.2, 0.25) is 5.95 Å². The molecule has 2 aliphatic heterocycles. The number of H-pyrrole nitrogens is 1. The highest BCUT2D eigenvalue weighted by Crippen LogP contribution is 2.27. The number of hydrogen-bond donors (Lipinski definition) is 1. The number of rotatable bonds is 3. The van der Waals surface area contributed by atoms with Crippen molar-refractivity contribution in [1.29, 1.82) is 0 Å². The lowest BCUT2D eigenvalue weighted by molar-refractivity contribution is 0.0569. The van der Waals surface area contributed by atoms with Crippen molar-refractivity contribution in [1.82, 2.24) is 20.0 Å².